The lowest BCUT2D eigenvalue weighted by Gasteiger charge is -2.28. The molecule has 0 aliphatic heterocycles. The maximum Gasteiger partial charge on any atom is 0.337 e. The highest BCUT2D eigenvalue weighted by atomic mass is 35.5. The zero-order valence-corrected chi connectivity index (χ0v) is 26.7. The average molecular weight is 632 g/mol. The molecular weight excluding hydrogens is 590 g/mol. The monoisotopic (exact) mass is 631 g/mol. The number of unbranched alkanes of at least 4 members (excludes halogenated alkanes) is 1. The number of methoxy groups -OCH3 is 1. The Kier molecular flexibility index (Phi) is 13.9. The summed E-state index contributed by atoms with van der Waals surface area (Å²) in [6, 6.07) is 32.9. The molecule has 0 aliphatic carbocycles. The van der Waals surface area contributed by atoms with Gasteiger partial charge in [0.15, 0.2) is 6.29 Å². The largest absolute Gasteiger partial charge is 0.465 e. The second kappa shape index (κ2) is 18.3. The number of ether oxygens (including phenoxy) is 4. The molecular formula is C37H42ClNO6. The second-order valence-corrected chi connectivity index (χ2v) is 11.2. The molecule has 0 heterocycles. The summed E-state index contributed by atoms with van der Waals surface area (Å²) in [5, 5.41) is 10.7. The molecule has 2 atom stereocenters. The lowest BCUT2D eigenvalue weighted by atomic mass is 10.1. The van der Waals surface area contributed by atoms with E-state index in [0.717, 1.165) is 47.6 Å². The molecule has 0 fully saturated rings. The Morgan fingerprint density at radius 2 is 1.56 bits per heavy atom. The van der Waals surface area contributed by atoms with Crippen molar-refractivity contribution in [3.8, 4) is 11.5 Å². The minimum atomic E-state index is -0.749. The Bertz CT molecular complexity index is 1430. The third kappa shape index (κ3) is 11.6. The van der Waals surface area contributed by atoms with Crippen LogP contribution in [0.3, 0.4) is 0 Å². The van der Waals surface area contributed by atoms with Gasteiger partial charge in [0.1, 0.15) is 11.5 Å². The standard InChI is InChI=1S/C37H42ClNO6/c1-3-43-36(40)14-7-8-23-39(25-28-15-19-30(20-16-28)37(41)42-2)26-35(31-10-9-11-32(38)24-31)44-27-29-17-21-34(22-18-29)45-33-12-5-4-6-13-33/h4-6,9-13,15-22,24,35-36,40H,3,7-8,14,23,25-27H2,1-2H3/t35-,36?/m0/s1. The Morgan fingerprint density at radius 3 is 2.24 bits per heavy atom. The van der Waals surface area contributed by atoms with Gasteiger partial charge in [0.05, 0.1) is 25.4 Å². The Labute approximate surface area is 271 Å². The molecule has 0 saturated carbocycles. The first-order valence-electron chi connectivity index (χ1n) is 15.3. The molecule has 0 radical (unpaired) electrons. The lowest BCUT2D eigenvalue weighted by molar-refractivity contribution is -0.0996. The molecule has 1 unspecified atom stereocenters. The van der Waals surface area contributed by atoms with E-state index in [1.807, 2.05) is 97.9 Å². The van der Waals surface area contributed by atoms with Gasteiger partial charge >= 0.3 is 5.97 Å². The summed E-state index contributed by atoms with van der Waals surface area (Å²) in [7, 11) is 1.38. The molecule has 45 heavy (non-hydrogen) atoms. The Morgan fingerprint density at radius 1 is 0.844 bits per heavy atom. The first-order valence-corrected chi connectivity index (χ1v) is 15.7. The fraction of sp³-hybridized carbons (Fsp3) is 0.324. The number of halogens is 1. The maximum atomic E-state index is 11.9. The molecule has 0 aromatic heterocycles. The number of para-hydroxylation sites is 1. The van der Waals surface area contributed by atoms with Crippen LogP contribution in [0, 0.1) is 0 Å². The number of carbonyl (C=O) groups excluding carboxylic acids is 1. The number of hydrogen-bond donors (Lipinski definition) is 1. The van der Waals surface area contributed by atoms with Crippen molar-refractivity contribution >= 4 is 17.6 Å². The average Bonchev–Trinajstić information content (AvgIpc) is 3.06. The van der Waals surface area contributed by atoms with Crippen LogP contribution in [-0.2, 0) is 27.4 Å². The van der Waals surface area contributed by atoms with Gasteiger partial charge in [-0.3, -0.25) is 4.90 Å². The molecule has 4 rings (SSSR count). The van der Waals surface area contributed by atoms with Crippen molar-refractivity contribution in [1.82, 2.24) is 4.90 Å². The zero-order valence-electron chi connectivity index (χ0n) is 25.9. The van der Waals surface area contributed by atoms with Crippen LogP contribution < -0.4 is 4.74 Å². The zero-order chi connectivity index (χ0) is 31.9. The number of aliphatic hydroxyl groups excluding tert-OH is 1. The first-order chi connectivity index (χ1) is 21.9. The maximum absolute atomic E-state index is 11.9. The number of hydrogen-bond acceptors (Lipinski definition) is 7. The van der Waals surface area contributed by atoms with Gasteiger partial charge < -0.3 is 24.1 Å². The molecule has 0 amide bonds. The summed E-state index contributed by atoms with van der Waals surface area (Å²) in [4.78, 5) is 14.3. The van der Waals surface area contributed by atoms with E-state index in [9.17, 15) is 9.90 Å². The van der Waals surface area contributed by atoms with E-state index in [1.54, 1.807) is 12.1 Å². The van der Waals surface area contributed by atoms with E-state index in [4.69, 9.17) is 30.5 Å². The normalized spacial score (nSPS) is 12.6. The van der Waals surface area contributed by atoms with Gasteiger partial charge in [-0.2, -0.15) is 0 Å². The molecule has 0 aliphatic rings. The summed E-state index contributed by atoms with van der Waals surface area (Å²) >= 11 is 6.41. The van der Waals surface area contributed by atoms with Gasteiger partial charge in [0.25, 0.3) is 0 Å². The van der Waals surface area contributed by atoms with E-state index < -0.39 is 6.29 Å². The summed E-state index contributed by atoms with van der Waals surface area (Å²) in [5.74, 6) is 1.19. The van der Waals surface area contributed by atoms with Crippen LogP contribution in [0.15, 0.2) is 103 Å². The molecule has 0 bridgehead atoms. The number of esters is 1. The van der Waals surface area contributed by atoms with Gasteiger partial charge in [-0.05, 0) is 98.0 Å². The third-order valence-corrected chi connectivity index (χ3v) is 7.55. The van der Waals surface area contributed by atoms with Crippen molar-refractivity contribution in [2.24, 2.45) is 0 Å². The molecule has 0 spiro atoms. The molecule has 0 saturated heterocycles. The van der Waals surface area contributed by atoms with Crippen molar-refractivity contribution in [3.05, 3.63) is 130 Å². The number of nitrogens with zero attached hydrogens (tertiary/aromatic N) is 1. The van der Waals surface area contributed by atoms with Gasteiger partial charge in [0.2, 0.25) is 0 Å². The molecule has 4 aromatic rings. The van der Waals surface area contributed by atoms with E-state index in [1.165, 1.54) is 7.11 Å². The topological polar surface area (TPSA) is 77.5 Å². The third-order valence-electron chi connectivity index (χ3n) is 7.31. The van der Waals surface area contributed by atoms with E-state index in [-0.39, 0.29) is 12.1 Å². The number of aliphatic hydroxyl groups is 1. The molecule has 7 nitrogen and oxygen atoms in total. The van der Waals surface area contributed by atoms with Gasteiger partial charge in [-0.15, -0.1) is 0 Å². The van der Waals surface area contributed by atoms with Crippen molar-refractivity contribution in [3.63, 3.8) is 0 Å². The van der Waals surface area contributed by atoms with Crippen LogP contribution in [0.25, 0.3) is 0 Å². The molecule has 8 heteroatoms. The van der Waals surface area contributed by atoms with Gasteiger partial charge in [-0.1, -0.05) is 66.2 Å². The SMILES string of the molecule is CCOC(O)CCCCN(Cc1ccc(C(=O)OC)cc1)C[C@H](OCc1ccc(Oc2ccccc2)cc1)c1cccc(Cl)c1. The number of carbonyl (C=O) groups is 1. The highest BCUT2D eigenvalue weighted by molar-refractivity contribution is 6.30. The van der Waals surface area contributed by atoms with Gasteiger partial charge in [0, 0.05) is 24.7 Å². The van der Waals surface area contributed by atoms with Crippen molar-refractivity contribution in [1.29, 1.82) is 0 Å². The van der Waals surface area contributed by atoms with E-state index >= 15 is 0 Å². The van der Waals surface area contributed by atoms with Crippen LogP contribution in [0.1, 0.15) is 59.3 Å². The highest BCUT2D eigenvalue weighted by Gasteiger charge is 2.19. The van der Waals surface area contributed by atoms with Crippen molar-refractivity contribution < 1.29 is 28.8 Å². The summed E-state index contributed by atoms with van der Waals surface area (Å²) < 4.78 is 22.7. The van der Waals surface area contributed by atoms with Gasteiger partial charge in [-0.25, -0.2) is 4.79 Å². The van der Waals surface area contributed by atoms with Crippen molar-refractivity contribution in [2.75, 3.05) is 26.8 Å². The molecule has 4 aromatic carbocycles. The molecule has 1 N–H and O–H groups in total. The fourth-order valence-corrected chi connectivity index (χ4v) is 5.16. The van der Waals surface area contributed by atoms with E-state index in [0.29, 0.717) is 43.3 Å². The first kappa shape index (κ1) is 34.2. The highest BCUT2D eigenvalue weighted by Crippen LogP contribution is 2.26. The predicted octanol–water partition coefficient (Wildman–Crippen LogP) is 8.20. The van der Waals surface area contributed by atoms with Crippen molar-refractivity contribution in [2.45, 2.75) is 51.7 Å². The Hall–Kier alpha value is -3.72. The van der Waals surface area contributed by atoms with Crippen LogP contribution in [0.2, 0.25) is 5.02 Å². The quantitative estimate of drug-likeness (QED) is 0.0674. The second-order valence-electron chi connectivity index (χ2n) is 10.7. The van der Waals surface area contributed by atoms with Crippen LogP contribution in [0.5, 0.6) is 11.5 Å². The van der Waals surface area contributed by atoms with E-state index in [2.05, 4.69) is 4.90 Å². The minimum Gasteiger partial charge on any atom is -0.465 e. The lowest BCUT2D eigenvalue weighted by Crippen LogP contribution is -2.30. The smallest absolute Gasteiger partial charge is 0.337 e. The predicted molar refractivity (Wildman–Crippen MR) is 176 cm³/mol. The van der Waals surface area contributed by atoms with Crippen LogP contribution in [-0.4, -0.2) is 49.1 Å². The molecule has 238 valence electrons. The Balaban J connectivity index is 1.47. The van der Waals surface area contributed by atoms with Crippen LogP contribution >= 0.6 is 11.6 Å². The fourth-order valence-electron chi connectivity index (χ4n) is 4.96. The number of rotatable bonds is 18. The van der Waals surface area contributed by atoms with Crippen LogP contribution in [0.4, 0.5) is 0 Å². The number of benzene rings is 4. The summed E-state index contributed by atoms with van der Waals surface area (Å²) in [6.07, 6.45) is 1.26. The summed E-state index contributed by atoms with van der Waals surface area (Å²) in [5.41, 5.74) is 3.59. The summed E-state index contributed by atoms with van der Waals surface area (Å²) in [6.45, 7) is 4.81. The minimum absolute atomic E-state index is 0.257.